The van der Waals surface area contributed by atoms with Gasteiger partial charge in [0.25, 0.3) is 0 Å². The van der Waals surface area contributed by atoms with E-state index in [1.165, 1.54) is 0 Å². The predicted octanol–water partition coefficient (Wildman–Crippen LogP) is 5.24. The fraction of sp³-hybridized carbons (Fsp3) is 0.625. The van der Waals surface area contributed by atoms with E-state index in [0.717, 1.165) is 24.9 Å². The zero-order valence-electron chi connectivity index (χ0n) is 12.8. The molecule has 2 nitrogen and oxygen atoms in total. The molecule has 0 spiro atoms. The van der Waals surface area contributed by atoms with Crippen molar-refractivity contribution in [2.24, 2.45) is 0 Å². The fourth-order valence-corrected chi connectivity index (χ4v) is 3.18. The van der Waals surface area contributed by atoms with Crippen LogP contribution in [0.1, 0.15) is 52.1 Å². The van der Waals surface area contributed by atoms with Crippen LogP contribution in [-0.2, 0) is 4.74 Å². The maximum atomic E-state index is 6.42. The van der Waals surface area contributed by atoms with Crippen molar-refractivity contribution in [1.29, 1.82) is 0 Å². The van der Waals surface area contributed by atoms with Crippen molar-refractivity contribution in [2.45, 2.75) is 52.2 Å². The smallest absolute Gasteiger partial charge is 0.0871 e. The molecule has 0 saturated heterocycles. The minimum atomic E-state index is -0.265. The Morgan fingerprint density at radius 2 is 1.80 bits per heavy atom. The summed E-state index contributed by atoms with van der Waals surface area (Å²) >= 11 is 12.6. The molecule has 0 amide bonds. The van der Waals surface area contributed by atoms with Crippen molar-refractivity contribution in [3.8, 4) is 0 Å². The summed E-state index contributed by atoms with van der Waals surface area (Å²) in [7, 11) is 0. The highest BCUT2D eigenvalue weighted by Gasteiger charge is 2.38. The molecule has 1 aromatic rings. The summed E-state index contributed by atoms with van der Waals surface area (Å²) in [5.74, 6) is 0. The maximum absolute atomic E-state index is 6.42. The van der Waals surface area contributed by atoms with E-state index in [4.69, 9.17) is 27.9 Å². The lowest BCUT2D eigenvalue weighted by Gasteiger charge is -2.40. The summed E-state index contributed by atoms with van der Waals surface area (Å²) in [4.78, 5) is 0. The Hall–Kier alpha value is -0.280. The molecule has 0 radical (unpaired) electrons. The van der Waals surface area contributed by atoms with Gasteiger partial charge in [0.15, 0.2) is 0 Å². The van der Waals surface area contributed by atoms with E-state index in [2.05, 4.69) is 26.1 Å². The van der Waals surface area contributed by atoms with Gasteiger partial charge in [-0.15, -0.1) is 0 Å². The number of nitrogens with one attached hydrogen (secondary N) is 1. The Morgan fingerprint density at radius 1 is 1.15 bits per heavy atom. The van der Waals surface area contributed by atoms with Gasteiger partial charge in [-0.2, -0.15) is 0 Å². The highest BCUT2D eigenvalue weighted by molar-refractivity contribution is 6.42. The van der Waals surface area contributed by atoms with Gasteiger partial charge in [0, 0.05) is 6.61 Å². The Morgan fingerprint density at radius 3 is 2.30 bits per heavy atom. The molecule has 0 heterocycles. The number of hydrogen-bond donors (Lipinski definition) is 1. The first-order chi connectivity index (χ1) is 9.56. The van der Waals surface area contributed by atoms with Gasteiger partial charge in [-0.1, -0.05) is 56.1 Å². The zero-order chi connectivity index (χ0) is 15.2. The van der Waals surface area contributed by atoms with Crippen LogP contribution < -0.4 is 5.32 Å². The second kappa shape index (κ2) is 8.23. The topological polar surface area (TPSA) is 21.3 Å². The van der Waals surface area contributed by atoms with Gasteiger partial charge in [-0.3, -0.25) is 0 Å². The number of halogens is 2. The normalized spacial score (nSPS) is 13.5. The number of hydrogen-bond acceptors (Lipinski definition) is 2. The second-order valence-electron chi connectivity index (χ2n) is 4.84. The van der Waals surface area contributed by atoms with Crippen LogP contribution in [0.2, 0.25) is 10.0 Å². The summed E-state index contributed by atoms with van der Waals surface area (Å²) in [5.41, 5.74) is 0.747. The lowest BCUT2D eigenvalue weighted by Crippen LogP contribution is -2.45. The van der Waals surface area contributed by atoms with Gasteiger partial charge in [0.05, 0.1) is 21.7 Å². The van der Waals surface area contributed by atoms with Crippen LogP contribution in [0.5, 0.6) is 0 Å². The van der Waals surface area contributed by atoms with Gasteiger partial charge >= 0.3 is 0 Å². The van der Waals surface area contributed by atoms with Crippen LogP contribution in [-0.4, -0.2) is 18.8 Å². The van der Waals surface area contributed by atoms with Gasteiger partial charge in [-0.25, -0.2) is 0 Å². The molecule has 0 aliphatic heterocycles. The first-order valence-electron chi connectivity index (χ1n) is 7.37. The number of rotatable bonds is 8. The van der Waals surface area contributed by atoms with E-state index >= 15 is 0 Å². The third kappa shape index (κ3) is 3.67. The van der Waals surface area contributed by atoms with Crippen molar-refractivity contribution in [3.63, 3.8) is 0 Å². The highest BCUT2D eigenvalue weighted by Crippen LogP contribution is 2.40. The Labute approximate surface area is 132 Å². The Balaban J connectivity index is 3.30. The van der Waals surface area contributed by atoms with Crippen LogP contribution in [0.25, 0.3) is 0 Å². The number of likely N-dealkylation sites (N-methyl/N-ethyl adjacent to an activating group) is 1. The minimum absolute atomic E-state index is 0.0358. The van der Waals surface area contributed by atoms with Crippen LogP contribution >= 0.6 is 23.2 Å². The molecule has 1 atom stereocenters. The third-order valence-corrected chi connectivity index (χ3v) is 4.69. The average molecular weight is 318 g/mol. The average Bonchev–Trinajstić information content (AvgIpc) is 2.46. The number of benzene rings is 1. The van der Waals surface area contributed by atoms with Gasteiger partial charge in [0.2, 0.25) is 0 Å². The minimum Gasteiger partial charge on any atom is -0.373 e. The van der Waals surface area contributed by atoms with Crippen molar-refractivity contribution in [2.75, 3.05) is 13.2 Å². The quantitative estimate of drug-likeness (QED) is 0.708. The largest absolute Gasteiger partial charge is 0.373 e. The Kier molecular flexibility index (Phi) is 7.32. The second-order valence-corrected chi connectivity index (χ2v) is 5.62. The van der Waals surface area contributed by atoms with Crippen LogP contribution in [0, 0.1) is 0 Å². The van der Waals surface area contributed by atoms with E-state index < -0.39 is 0 Å². The first-order valence-corrected chi connectivity index (χ1v) is 8.13. The highest BCUT2D eigenvalue weighted by atomic mass is 35.5. The van der Waals surface area contributed by atoms with Gasteiger partial charge < -0.3 is 10.1 Å². The van der Waals surface area contributed by atoms with E-state index in [-0.39, 0.29) is 11.6 Å². The number of ether oxygens (including phenoxy) is 1. The molecule has 1 aromatic carbocycles. The lowest BCUT2D eigenvalue weighted by atomic mass is 9.83. The fourth-order valence-electron chi connectivity index (χ4n) is 2.76. The monoisotopic (exact) mass is 317 g/mol. The van der Waals surface area contributed by atoms with E-state index in [9.17, 15) is 0 Å². The molecule has 1 unspecified atom stereocenters. The third-order valence-electron chi connectivity index (χ3n) is 3.86. The van der Waals surface area contributed by atoms with Gasteiger partial charge in [0.1, 0.15) is 0 Å². The first kappa shape index (κ1) is 17.8. The molecule has 0 aromatic heterocycles. The molecule has 0 saturated carbocycles. The molecule has 1 rings (SSSR count). The predicted molar refractivity (Wildman–Crippen MR) is 87.8 cm³/mol. The van der Waals surface area contributed by atoms with Crippen LogP contribution in [0.3, 0.4) is 0 Å². The van der Waals surface area contributed by atoms with E-state index in [1.807, 2.05) is 25.1 Å². The van der Waals surface area contributed by atoms with E-state index in [0.29, 0.717) is 16.7 Å². The molecule has 0 fully saturated rings. The molecule has 0 bridgehead atoms. The standard InChI is InChI=1S/C16H25Cl2NO/c1-5-16(6-2,20-8-4)15(19-7-3)12-10-9-11-13(17)14(12)18/h9-11,15,19H,5-8H2,1-4H3. The Bertz CT molecular complexity index is 419. The van der Waals surface area contributed by atoms with Crippen molar-refractivity contribution < 1.29 is 4.74 Å². The molecule has 114 valence electrons. The summed E-state index contributed by atoms with van der Waals surface area (Å²) in [6, 6.07) is 5.82. The molecule has 0 aliphatic rings. The molecule has 4 heteroatoms. The summed E-state index contributed by atoms with van der Waals surface area (Å²) in [6.45, 7) is 9.96. The summed E-state index contributed by atoms with van der Waals surface area (Å²) < 4.78 is 6.13. The van der Waals surface area contributed by atoms with Crippen molar-refractivity contribution in [1.82, 2.24) is 5.32 Å². The lowest BCUT2D eigenvalue weighted by molar-refractivity contribution is -0.0729. The van der Waals surface area contributed by atoms with Crippen LogP contribution in [0.15, 0.2) is 18.2 Å². The molecular weight excluding hydrogens is 293 g/mol. The molecule has 0 aliphatic carbocycles. The molecule has 20 heavy (non-hydrogen) atoms. The van der Waals surface area contributed by atoms with Gasteiger partial charge in [-0.05, 0) is 37.9 Å². The SMILES string of the molecule is CCNC(c1cccc(Cl)c1Cl)C(CC)(CC)OCC. The van der Waals surface area contributed by atoms with E-state index in [1.54, 1.807) is 0 Å². The zero-order valence-corrected chi connectivity index (χ0v) is 14.3. The molecular formula is C16H25Cl2NO. The van der Waals surface area contributed by atoms with Crippen molar-refractivity contribution >= 4 is 23.2 Å². The summed E-state index contributed by atoms with van der Waals surface area (Å²) in [5, 5.41) is 4.73. The summed E-state index contributed by atoms with van der Waals surface area (Å²) in [6.07, 6.45) is 1.83. The molecule has 1 N–H and O–H groups in total. The van der Waals surface area contributed by atoms with Crippen molar-refractivity contribution in [3.05, 3.63) is 33.8 Å². The maximum Gasteiger partial charge on any atom is 0.0871 e. The van der Waals surface area contributed by atoms with Crippen LogP contribution in [0.4, 0.5) is 0 Å².